The van der Waals surface area contributed by atoms with Gasteiger partial charge >= 0.3 is 0 Å². The van der Waals surface area contributed by atoms with E-state index < -0.39 is 5.82 Å². The molecule has 5 rings (SSSR count). The lowest BCUT2D eigenvalue weighted by atomic mass is 9.78. The van der Waals surface area contributed by atoms with Gasteiger partial charge in [-0.05, 0) is 49.3 Å². The van der Waals surface area contributed by atoms with Crippen molar-refractivity contribution in [1.82, 2.24) is 20.1 Å². The third-order valence-corrected chi connectivity index (χ3v) is 7.69. The molecule has 34 heavy (non-hydrogen) atoms. The van der Waals surface area contributed by atoms with Gasteiger partial charge in [0.15, 0.2) is 5.82 Å². The van der Waals surface area contributed by atoms with Crippen LogP contribution in [-0.2, 0) is 17.8 Å². The molecule has 3 aliphatic heterocycles. The first-order chi connectivity index (χ1) is 16.4. The highest BCUT2D eigenvalue weighted by Gasteiger charge is 2.38. The highest BCUT2D eigenvalue weighted by molar-refractivity contribution is 5.95. The van der Waals surface area contributed by atoms with Crippen LogP contribution in [0.15, 0.2) is 36.5 Å². The summed E-state index contributed by atoms with van der Waals surface area (Å²) < 4.78 is 14.6. The summed E-state index contributed by atoms with van der Waals surface area (Å²) >= 11 is 0. The van der Waals surface area contributed by atoms with E-state index in [1.54, 1.807) is 11.8 Å². The van der Waals surface area contributed by atoms with Crippen LogP contribution in [0.2, 0.25) is 0 Å². The van der Waals surface area contributed by atoms with Crippen molar-refractivity contribution < 1.29 is 14.0 Å². The normalized spacial score (nSPS) is 20.2. The molecule has 1 aromatic heterocycles. The van der Waals surface area contributed by atoms with Gasteiger partial charge in [0.25, 0.3) is 5.91 Å². The van der Waals surface area contributed by atoms with Gasteiger partial charge in [0.2, 0.25) is 5.91 Å². The lowest BCUT2D eigenvalue weighted by Crippen LogP contribution is -2.57. The third-order valence-electron chi connectivity index (χ3n) is 7.69. The van der Waals surface area contributed by atoms with E-state index >= 15 is 0 Å². The highest BCUT2D eigenvalue weighted by Crippen LogP contribution is 2.32. The summed E-state index contributed by atoms with van der Waals surface area (Å²) in [4.78, 5) is 32.5. The van der Waals surface area contributed by atoms with Crippen LogP contribution >= 0.6 is 0 Å². The van der Waals surface area contributed by atoms with Crippen LogP contribution in [0.1, 0.15) is 54.1 Å². The van der Waals surface area contributed by atoms with Crippen molar-refractivity contribution in [3.8, 4) is 0 Å². The number of carbonyl (C=O) groups is 2. The summed E-state index contributed by atoms with van der Waals surface area (Å²) in [5, 5.41) is 7.03. The first kappa shape index (κ1) is 22.8. The van der Waals surface area contributed by atoms with Gasteiger partial charge in [-0.1, -0.05) is 24.3 Å². The van der Waals surface area contributed by atoms with E-state index in [0.29, 0.717) is 32.0 Å². The van der Waals surface area contributed by atoms with Gasteiger partial charge in [-0.25, -0.2) is 9.37 Å². The van der Waals surface area contributed by atoms with Gasteiger partial charge in [0.1, 0.15) is 5.82 Å². The summed E-state index contributed by atoms with van der Waals surface area (Å²) in [5.41, 5.74) is 2.80. The molecule has 180 valence electrons. The molecule has 0 unspecified atom stereocenters. The number of carbonyl (C=O) groups excluding carboxylic acids is 2. The van der Waals surface area contributed by atoms with Gasteiger partial charge in [-0.2, -0.15) is 0 Å². The molecule has 4 heterocycles. The molecule has 7 nitrogen and oxygen atoms in total. The number of halogens is 1. The molecule has 0 radical (unpaired) electrons. The Morgan fingerprint density at radius 2 is 1.79 bits per heavy atom. The minimum absolute atomic E-state index is 0.00335. The van der Waals surface area contributed by atoms with Crippen molar-refractivity contribution >= 4 is 17.6 Å². The number of nitrogens with one attached hydrogen (secondary N) is 2. The molecular weight excluding hydrogens is 433 g/mol. The number of hydrogen-bond donors (Lipinski definition) is 2. The van der Waals surface area contributed by atoms with E-state index in [4.69, 9.17) is 0 Å². The molecule has 2 N–H and O–H groups in total. The molecule has 0 saturated carbocycles. The predicted octanol–water partition coefficient (Wildman–Crippen LogP) is 2.96. The van der Waals surface area contributed by atoms with Crippen LogP contribution in [0, 0.1) is 5.82 Å². The van der Waals surface area contributed by atoms with Crippen molar-refractivity contribution in [2.75, 3.05) is 31.5 Å². The molecule has 2 aromatic rings. The predicted molar refractivity (Wildman–Crippen MR) is 128 cm³/mol. The Balaban J connectivity index is 1.21. The zero-order valence-electron chi connectivity index (χ0n) is 19.6. The molecule has 2 fully saturated rings. The summed E-state index contributed by atoms with van der Waals surface area (Å²) in [7, 11) is 0. The standard InChI is InChI=1S/C26H32FN5O2/c1-18(33)31-10-6-21(7-11-31)30-24-14-22(23(27)17-28-24)25(34)32-12-8-26(9-13-32)15-19-4-2-3-5-20(19)16-29-26/h2-5,14,17,21,29H,6-13,15-16H2,1H3,(H,28,30). The van der Waals surface area contributed by atoms with E-state index in [1.807, 2.05) is 4.90 Å². The maximum Gasteiger partial charge on any atom is 0.257 e. The van der Waals surface area contributed by atoms with E-state index in [-0.39, 0.29) is 29.0 Å². The van der Waals surface area contributed by atoms with E-state index in [0.717, 1.165) is 44.8 Å². The Kier molecular flexibility index (Phi) is 6.25. The van der Waals surface area contributed by atoms with E-state index in [2.05, 4.69) is 39.9 Å². The maximum atomic E-state index is 14.6. The Bertz CT molecular complexity index is 1070. The molecule has 3 aliphatic rings. The Morgan fingerprint density at radius 1 is 1.09 bits per heavy atom. The van der Waals surface area contributed by atoms with Crippen LogP contribution in [0.5, 0.6) is 0 Å². The molecule has 2 amide bonds. The molecule has 1 aromatic carbocycles. The van der Waals surface area contributed by atoms with Crippen molar-refractivity contribution in [2.45, 2.75) is 57.2 Å². The molecule has 0 bridgehead atoms. The number of likely N-dealkylation sites (tertiary alicyclic amines) is 2. The van der Waals surface area contributed by atoms with Crippen LogP contribution in [0.3, 0.4) is 0 Å². The zero-order valence-corrected chi connectivity index (χ0v) is 19.6. The number of aromatic nitrogens is 1. The van der Waals surface area contributed by atoms with Gasteiger partial charge in [-0.3, -0.25) is 9.59 Å². The number of nitrogens with zero attached hydrogens (tertiary/aromatic N) is 3. The number of fused-ring (bicyclic) bond motifs is 1. The fourth-order valence-corrected chi connectivity index (χ4v) is 5.50. The molecule has 0 atom stereocenters. The highest BCUT2D eigenvalue weighted by atomic mass is 19.1. The van der Waals surface area contributed by atoms with Gasteiger partial charge < -0.3 is 20.4 Å². The summed E-state index contributed by atoms with van der Waals surface area (Å²) in [5.74, 6) is -0.278. The van der Waals surface area contributed by atoms with Gasteiger partial charge in [-0.15, -0.1) is 0 Å². The smallest absolute Gasteiger partial charge is 0.257 e. The quantitative estimate of drug-likeness (QED) is 0.729. The number of rotatable bonds is 3. The van der Waals surface area contributed by atoms with Gasteiger partial charge in [0, 0.05) is 51.2 Å². The minimum atomic E-state index is -0.591. The number of benzene rings is 1. The number of hydrogen-bond acceptors (Lipinski definition) is 5. The van der Waals surface area contributed by atoms with Crippen molar-refractivity contribution in [1.29, 1.82) is 0 Å². The van der Waals surface area contributed by atoms with E-state index in [9.17, 15) is 14.0 Å². The summed E-state index contributed by atoms with van der Waals surface area (Å²) in [6.45, 7) is 5.01. The monoisotopic (exact) mass is 465 g/mol. The van der Waals surface area contributed by atoms with Crippen LogP contribution in [0.25, 0.3) is 0 Å². The largest absolute Gasteiger partial charge is 0.367 e. The lowest BCUT2D eigenvalue weighted by molar-refractivity contribution is -0.129. The summed E-state index contributed by atoms with van der Waals surface area (Å²) in [6.07, 6.45) is 5.38. The summed E-state index contributed by atoms with van der Waals surface area (Å²) in [6, 6.07) is 10.2. The second-order valence-electron chi connectivity index (χ2n) is 9.85. The van der Waals surface area contributed by atoms with Crippen LogP contribution in [0.4, 0.5) is 10.2 Å². The Morgan fingerprint density at radius 3 is 2.50 bits per heavy atom. The topological polar surface area (TPSA) is 77.6 Å². The first-order valence-corrected chi connectivity index (χ1v) is 12.2. The lowest BCUT2D eigenvalue weighted by Gasteiger charge is -2.45. The Labute approximate surface area is 199 Å². The fourth-order valence-electron chi connectivity index (χ4n) is 5.50. The third kappa shape index (κ3) is 4.64. The number of amides is 2. The average molecular weight is 466 g/mol. The number of pyridine rings is 1. The Hall–Kier alpha value is -3.00. The molecule has 8 heteroatoms. The molecular formula is C26H32FN5O2. The number of piperidine rings is 2. The van der Waals surface area contributed by atoms with Crippen LogP contribution < -0.4 is 10.6 Å². The second kappa shape index (κ2) is 9.33. The minimum Gasteiger partial charge on any atom is -0.367 e. The molecule has 1 spiro atoms. The first-order valence-electron chi connectivity index (χ1n) is 12.2. The molecule has 0 aliphatic carbocycles. The second-order valence-corrected chi connectivity index (χ2v) is 9.85. The van der Waals surface area contributed by atoms with E-state index in [1.165, 1.54) is 17.2 Å². The van der Waals surface area contributed by atoms with Crippen molar-refractivity contribution in [3.63, 3.8) is 0 Å². The SMILES string of the molecule is CC(=O)N1CCC(Nc2cc(C(=O)N3CCC4(CC3)Cc3ccccc3CN4)c(F)cn2)CC1. The fraction of sp³-hybridized carbons (Fsp3) is 0.500. The van der Waals surface area contributed by atoms with Crippen molar-refractivity contribution in [3.05, 3.63) is 59.0 Å². The van der Waals surface area contributed by atoms with Crippen LogP contribution in [-0.4, -0.2) is 64.4 Å². The van der Waals surface area contributed by atoms with Gasteiger partial charge in [0.05, 0.1) is 11.8 Å². The molecule has 2 saturated heterocycles. The maximum absolute atomic E-state index is 14.6. The zero-order chi connectivity index (χ0) is 23.7. The average Bonchev–Trinajstić information content (AvgIpc) is 2.85. The van der Waals surface area contributed by atoms with Crippen molar-refractivity contribution in [2.24, 2.45) is 0 Å². The number of anilines is 1.